The molecule has 1 heterocycles. The topological polar surface area (TPSA) is 76.1 Å². The number of nitrogens with zero attached hydrogens (tertiary/aromatic N) is 1. The molecule has 6 nitrogen and oxygen atoms in total. The fraction of sp³-hybridized carbons (Fsp3) is 0.150. The zero-order chi connectivity index (χ0) is 22.8. The maximum atomic E-state index is 13.0. The Labute approximate surface area is 184 Å². The minimum atomic E-state index is -4.55. The van der Waals surface area contributed by atoms with Gasteiger partial charge in [0.1, 0.15) is 0 Å². The van der Waals surface area contributed by atoms with E-state index in [-0.39, 0.29) is 26.4 Å². The van der Waals surface area contributed by atoms with Crippen molar-refractivity contribution in [2.75, 3.05) is 18.6 Å². The summed E-state index contributed by atoms with van der Waals surface area (Å²) in [6, 6.07) is 8.97. The number of rotatable bonds is 6. The fourth-order valence-corrected chi connectivity index (χ4v) is 3.99. The number of carbonyl (C=O) groups excluding carboxylic acids is 1. The largest absolute Gasteiger partial charge is 0.493 e. The van der Waals surface area contributed by atoms with Crippen LogP contribution in [0, 0.1) is 0 Å². The number of carboxylic acids is 1. The second-order valence-electron chi connectivity index (χ2n) is 6.16. The van der Waals surface area contributed by atoms with Crippen molar-refractivity contribution in [2.45, 2.75) is 6.18 Å². The zero-order valence-corrected chi connectivity index (χ0v) is 17.4. The second kappa shape index (κ2) is 8.98. The molecule has 0 radical (unpaired) electrons. The number of thiocarbonyl (C=S) groups is 1. The molecule has 2 aromatic carbocycles. The molecule has 0 aliphatic carbocycles. The van der Waals surface area contributed by atoms with Gasteiger partial charge in [0.25, 0.3) is 5.91 Å². The lowest BCUT2D eigenvalue weighted by molar-refractivity contribution is -0.139. The molecule has 3 rings (SSSR count). The molecular formula is C20H14F3NO5S2. The summed E-state index contributed by atoms with van der Waals surface area (Å²) >= 11 is 6.16. The van der Waals surface area contributed by atoms with Gasteiger partial charge in [0.2, 0.25) is 0 Å². The number of aliphatic carboxylic acids is 1. The Morgan fingerprint density at radius 1 is 1.23 bits per heavy atom. The summed E-state index contributed by atoms with van der Waals surface area (Å²) in [4.78, 5) is 24.7. The Kier molecular flexibility index (Phi) is 6.56. The van der Waals surface area contributed by atoms with Crippen molar-refractivity contribution in [3.8, 4) is 11.5 Å². The summed E-state index contributed by atoms with van der Waals surface area (Å²) in [6.45, 7) is -0.550. The lowest BCUT2D eigenvalue weighted by atomic mass is 10.1. The number of thioether (sulfide) groups is 1. The summed E-state index contributed by atoms with van der Waals surface area (Å²) in [6.07, 6.45) is -3.04. The molecule has 0 aromatic heterocycles. The molecule has 162 valence electrons. The summed E-state index contributed by atoms with van der Waals surface area (Å²) in [5.74, 6) is -1.24. The number of carbonyl (C=O) groups is 2. The van der Waals surface area contributed by atoms with Gasteiger partial charge in [0, 0.05) is 0 Å². The highest BCUT2D eigenvalue weighted by atomic mass is 32.2. The molecule has 0 atom stereocenters. The molecule has 1 saturated heterocycles. The number of amides is 1. The molecule has 0 unspecified atom stereocenters. The van der Waals surface area contributed by atoms with Crippen LogP contribution >= 0.6 is 24.0 Å². The van der Waals surface area contributed by atoms with Crippen molar-refractivity contribution in [2.24, 2.45) is 0 Å². The van der Waals surface area contributed by atoms with Crippen LogP contribution in [0.15, 0.2) is 47.4 Å². The Balaban J connectivity index is 1.88. The van der Waals surface area contributed by atoms with Gasteiger partial charge in [-0.05, 0) is 42.0 Å². The smallest absolute Gasteiger partial charge is 0.416 e. The standard InChI is InChI=1S/C20H14F3NO5S2/c1-28-15-7-11(5-6-14(15)29-10-17(25)26)8-16-18(27)24(19(30)31-16)13-4-2-3-12(9-13)20(21,22)23/h2-9H,10H2,1H3,(H,25,26)/b16-8+. The number of hydrogen-bond donors (Lipinski definition) is 1. The van der Waals surface area contributed by atoms with Gasteiger partial charge in [-0.25, -0.2) is 4.79 Å². The fourth-order valence-electron chi connectivity index (χ4n) is 2.70. The minimum absolute atomic E-state index is 0.0238. The van der Waals surface area contributed by atoms with Crippen LogP contribution in [-0.4, -0.2) is 35.0 Å². The zero-order valence-electron chi connectivity index (χ0n) is 15.8. The van der Waals surface area contributed by atoms with Crippen LogP contribution in [0.5, 0.6) is 11.5 Å². The monoisotopic (exact) mass is 469 g/mol. The van der Waals surface area contributed by atoms with E-state index in [0.717, 1.165) is 28.8 Å². The van der Waals surface area contributed by atoms with Crippen molar-refractivity contribution in [1.82, 2.24) is 0 Å². The molecule has 0 spiro atoms. The Bertz CT molecular complexity index is 1080. The van der Waals surface area contributed by atoms with E-state index in [2.05, 4.69) is 0 Å². The van der Waals surface area contributed by atoms with E-state index in [1.54, 1.807) is 6.07 Å². The maximum absolute atomic E-state index is 13.0. The molecule has 11 heteroatoms. The molecule has 1 N–H and O–H groups in total. The summed E-state index contributed by atoms with van der Waals surface area (Å²) in [5, 5.41) is 8.72. The quantitative estimate of drug-likeness (QED) is 0.490. The van der Waals surface area contributed by atoms with E-state index >= 15 is 0 Å². The SMILES string of the molecule is COc1cc(/C=C2/SC(=S)N(c3cccc(C(F)(F)F)c3)C2=O)ccc1OCC(=O)O. The third-order valence-corrected chi connectivity index (χ3v) is 5.36. The number of hydrogen-bond acceptors (Lipinski definition) is 6. The highest BCUT2D eigenvalue weighted by molar-refractivity contribution is 8.27. The van der Waals surface area contributed by atoms with E-state index in [1.807, 2.05) is 0 Å². The van der Waals surface area contributed by atoms with Gasteiger partial charge in [-0.15, -0.1) is 0 Å². The van der Waals surface area contributed by atoms with Crippen LogP contribution in [0.4, 0.5) is 18.9 Å². The van der Waals surface area contributed by atoms with Crippen LogP contribution in [-0.2, 0) is 15.8 Å². The molecule has 0 saturated carbocycles. The predicted molar refractivity (Wildman–Crippen MR) is 113 cm³/mol. The maximum Gasteiger partial charge on any atom is 0.416 e. The van der Waals surface area contributed by atoms with Gasteiger partial charge in [-0.1, -0.05) is 36.1 Å². The molecule has 31 heavy (non-hydrogen) atoms. The number of benzene rings is 2. The van der Waals surface area contributed by atoms with Crippen LogP contribution < -0.4 is 14.4 Å². The average Bonchev–Trinajstić information content (AvgIpc) is 2.99. The van der Waals surface area contributed by atoms with Crippen molar-refractivity contribution >= 4 is 51.9 Å². The van der Waals surface area contributed by atoms with Gasteiger partial charge in [-0.2, -0.15) is 13.2 Å². The van der Waals surface area contributed by atoms with E-state index in [1.165, 1.54) is 37.5 Å². The number of anilines is 1. The average molecular weight is 469 g/mol. The molecule has 1 fully saturated rings. The van der Waals surface area contributed by atoms with Gasteiger partial charge in [0.15, 0.2) is 22.4 Å². The second-order valence-corrected chi connectivity index (χ2v) is 7.83. The molecule has 1 amide bonds. The number of ether oxygens (including phenoxy) is 2. The molecular weight excluding hydrogens is 455 g/mol. The summed E-state index contributed by atoms with van der Waals surface area (Å²) in [5.41, 5.74) is -0.329. The van der Waals surface area contributed by atoms with E-state index in [4.69, 9.17) is 26.8 Å². The normalized spacial score (nSPS) is 15.5. The molecule has 1 aliphatic rings. The molecule has 2 aromatic rings. The number of halogens is 3. The highest BCUT2D eigenvalue weighted by Crippen LogP contribution is 2.39. The summed E-state index contributed by atoms with van der Waals surface area (Å²) < 4.78 is 49.4. The first-order valence-electron chi connectivity index (χ1n) is 8.58. The number of carboxylic acid groups (broad SMARTS) is 1. The Morgan fingerprint density at radius 3 is 2.61 bits per heavy atom. The van der Waals surface area contributed by atoms with E-state index < -0.39 is 30.2 Å². The highest BCUT2D eigenvalue weighted by Gasteiger charge is 2.36. The van der Waals surface area contributed by atoms with Gasteiger partial charge < -0.3 is 14.6 Å². The molecule has 0 bridgehead atoms. The van der Waals surface area contributed by atoms with Gasteiger partial charge >= 0.3 is 12.1 Å². The number of alkyl halides is 3. The van der Waals surface area contributed by atoms with Crippen molar-refractivity contribution in [3.05, 3.63) is 58.5 Å². The van der Waals surface area contributed by atoms with Crippen molar-refractivity contribution < 1.29 is 37.3 Å². The third-order valence-electron chi connectivity index (χ3n) is 4.06. The first-order valence-corrected chi connectivity index (χ1v) is 9.80. The van der Waals surface area contributed by atoms with Crippen molar-refractivity contribution in [1.29, 1.82) is 0 Å². The lowest BCUT2D eigenvalue weighted by Gasteiger charge is -2.16. The Hall–Kier alpha value is -3.05. The third kappa shape index (κ3) is 5.17. The van der Waals surface area contributed by atoms with Gasteiger partial charge in [-0.3, -0.25) is 9.69 Å². The van der Waals surface area contributed by atoms with Gasteiger partial charge in [0.05, 0.1) is 23.3 Å². The van der Waals surface area contributed by atoms with Crippen molar-refractivity contribution in [3.63, 3.8) is 0 Å². The Morgan fingerprint density at radius 2 is 1.97 bits per heavy atom. The first kappa shape index (κ1) is 22.6. The molecule has 1 aliphatic heterocycles. The predicted octanol–water partition coefficient (Wildman–Crippen LogP) is 4.58. The van der Waals surface area contributed by atoms with Crippen LogP contribution in [0.2, 0.25) is 0 Å². The first-order chi connectivity index (χ1) is 14.6. The minimum Gasteiger partial charge on any atom is -0.493 e. The van der Waals surface area contributed by atoms with E-state index in [9.17, 15) is 22.8 Å². The summed E-state index contributed by atoms with van der Waals surface area (Å²) in [7, 11) is 1.37. The van der Waals surface area contributed by atoms with Crippen LogP contribution in [0.3, 0.4) is 0 Å². The number of methoxy groups -OCH3 is 1. The lowest BCUT2D eigenvalue weighted by Crippen LogP contribution is -2.27. The van der Waals surface area contributed by atoms with E-state index in [0.29, 0.717) is 5.56 Å². The van der Waals surface area contributed by atoms with Crippen LogP contribution in [0.1, 0.15) is 11.1 Å². The van der Waals surface area contributed by atoms with Crippen LogP contribution in [0.25, 0.3) is 6.08 Å².